The highest BCUT2D eigenvalue weighted by atomic mass is 16.1. The Labute approximate surface area is 129 Å². The van der Waals surface area contributed by atoms with E-state index in [1.807, 2.05) is 6.07 Å². The number of piperidine rings is 3. The van der Waals surface area contributed by atoms with Gasteiger partial charge in [-0.25, -0.2) is 4.98 Å². The van der Waals surface area contributed by atoms with Crippen molar-refractivity contribution >= 4 is 11.6 Å². The van der Waals surface area contributed by atoms with Gasteiger partial charge in [0.2, 0.25) is 0 Å². The normalized spacial score (nSPS) is 26.8. The van der Waals surface area contributed by atoms with Gasteiger partial charge in [-0.1, -0.05) is 0 Å². The summed E-state index contributed by atoms with van der Waals surface area (Å²) in [5.74, 6) is 3.12. The molecule has 3 aliphatic rings. The van der Waals surface area contributed by atoms with Crippen LogP contribution in [0.4, 0.5) is 0 Å². The van der Waals surface area contributed by atoms with Gasteiger partial charge in [0.25, 0.3) is 5.91 Å². The Kier molecular flexibility index (Phi) is 3.12. The van der Waals surface area contributed by atoms with Gasteiger partial charge in [-0.15, -0.1) is 6.42 Å². The van der Waals surface area contributed by atoms with Crippen LogP contribution in [0, 0.1) is 18.3 Å². The lowest BCUT2D eigenvalue weighted by Crippen LogP contribution is -2.57. The van der Waals surface area contributed by atoms with E-state index in [2.05, 4.69) is 21.1 Å². The summed E-state index contributed by atoms with van der Waals surface area (Å²) in [5, 5.41) is 3.20. The molecule has 0 spiro atoms. The summed E-state index contributed by atoms with van der Waals surface area (Å²) in [6.07, 6.45) is 11.3. The minimum atomic E-state index is -0.0170. The first-order valence-corrected chi connectivity index (χ1v) is 7.71. The summed E-state index contributed by atoms with van der Waals surface area (Å²) in [5.41, 5.74) is 1.98. The number of hydrogen-bond donors (Lipinski definition) is 1. The van der Waals surface area contributed by atoms with Gasteiger partial charge in [0, 0.05) is 25.0 Å². The third-order valence-corrected chi connectivity index (χ3v) is 4.83. The minimum Gasteiger partial charge on any atom is -0.348 e. The predicted octanol–water partition coefficient (Wildman–Crippen LogP) is 1.14. The van der Waals surface area contributed by atoms with Crippen LogP contribution in [-0.4, -0.2) is 45.9 Å². The molecule has 2 aromatic rings. The van der Waals surface area contributed by atoms with Crippen LogP contribution in [0.2, 0.25) is 0 Å². The van der Waals surface area contributed by atoms with Crippen molar-refractivity contribution in [1.82, 2.24) is 19.6 Å². The number of amides is 1. The number of imidazole rings is 1. The van der Waals surface area contributed by atoms with Gasteiger partial charge < -0.3 is 14.6 Å². The molecule has 1 N–H and O–H groups in total. The second kappa shape index (κ2) is 5.15. The van der Waals surface area contributed by atoms with Crippen molar-refractivity contribution in [1.29, 1.82) is 0 Å². The molecule has 0 aromatic carbocycles. The second-order valence-electron chi connectivity index (χ2n) is 6.17. The van der Waals surface area contributed by atoms with Crippen LogP contribution in [0.15, 0.2) is 24.5 Å². The van der Waals surface area contributed by atoms with Gasteiger partial charge in [-0.2, -0.15) is 0 Å². The van der Waals surface area contributed by atoms with Gasteiger partial charge in [0.1, 0.15) is 11.3 Å². The first kappa shape index (κ1) is 13.4. The highest BCUT2D eigenvalue weighted by molar-refractivity contribution is 5.94. The predicted molar refractivity (Wildman–Crippen MR) is 83.5 cm³/mol. The zero-order valence-electron chi connectivity index (χ0n) is 12.3. The molecule has 2 bridgehead atoms. The molecule has 5 heteroatoms. The van der Waals surface area contributed by atoms with E-state index in [0.717, 1.165) is 12.2 Å². The third-order valence-electron chi connectivity index (χ3n) is 4.83. The van der Waals surface area contributed by atoms with Crippen molar-refractivity contribution in [2.24, 2.45) is 5.92 Å². The van der Waals surface area contributed by atoms with Crippen LogP contribution in [0.1, 0.15) is 28.9 Å². The maximum absolute atomic E-state index is 12.5. The fraction of sp³-hybridized carbons (Fsp3) is 0.412. The SMILES string of the molecule is C#Cc1cn2cc(C(=O)N[C@H]3CN4CCC3CC4)ccc2n1. The Bertz CT molecular complexity index is 765. The average molecular weight is 294 g/mol. The quantitative estimate of drug-likeness (QED) is 0.845. The molecule has 112 valence electrons. The van der Waals surface area contributed by atoms with Crippen molar-refractivity contribution in [3.8, 4) is 12.3 Å². The molecule has 0 radical (unpaired) electrons. The molecular formula is C17H18N4O. The Morgan fingerprint density at radius 2 is 2.14 bits per heavy atom. The van der Waals surface area contributed by atoms with E-state index in [4.69, 9.17) is 6.42 Å². The van der Waals surface area contributed by atoms with Crippen LogP contribution in [0.3, 0.4) is 0 Å². The van der Waals surface area contributed by atoms with Gasteiger partial charge in [-0.3, -0.25) is 4.79 Å². The van der Waals surface area contributed by atoms with E-state index in [-0.39, 0.29) is 11.9 Å². The first-order valence-electron chi connectivity index (χ1n) is 7.71. The van der Waals surface area contributed by atoms with Gasteiger partial charge in [0.15, 0.2) is 0 Å². The molecule has 2 aromatic heterocycles. The summed E-state index contributed by atoms with van der Waals surface area (Å²) in [6, 6.07) is 3.90. The second-order valence-corrected chi connectivity index (χ2v) is 6.17. The zero-order chi connectivity index (χ0) is 15.1. The first-order chi connectivity index (χ1) is 10.7. The number of carbonyl (C=O) groups is 1. The molecule has 0 aliphatic carbocycles. The van der Waals surface area contributed by atoms with Crippen LogP contribution < -0.4 is 5.32 Å². The van der Waals surface area contributed by atoms with Crippen molar-refractivity contribution in [2.45, 2.75) is 18.9 Å². The lowest BCUT2D eigenvalue weighted by atomic mass is 9.84. The lowest BCUT2D eigenvalue weighted by molar-refractivity contribution is 0.0620. The number of hydrogen-bond acceptors (Lipinski definition) is 3. The minimum absolute atomic E-state index is 0.0170. The molecule has 5 heterocycles. The largest absolute Gasteiger partial charge is 0.348 e. The van der Waals surface area contributed by atoms with Crippen LogP contribution in [0.5, 0.6) is 0 Å². The third kappa shape index (κ3) is 2.26. The highest BCUT2D eigenvalue weighted by Crippen LogP contribution is 2.27. The summed E-state index contributed by atoms with van der Waals surface area (Å²) in [6.45, 7) is 3.32. The number of rotatable bonds is 2. The van der Waals surface area contributed by atoms with E-state index in [1.54, 1.807) is 22.9 Å². The van der Waals surface area contributed by atoms with Crippen LogP contribution in [-0.2, 0) is 0 Å². The molecule has 22 heavy (non-hydrogen) atoms. The van der Waals surface area contributed by atoms with Crippen molar-refractivity contribution in [2.75, 3.05) is 19.6 Å². The molecule has 3 aliphatic heterocycles. The van der Waals surface area contributed by atoms with E-state index in [1.165, 1.54) is 25.9 Å². The summed E-state index contributed by atoms with van der Waals surface area (Å²) < 4.78 is 1.81. The monoisotopic (exact) mass is 294 g/mol. The number of nitrogens with zero attached hydrogens (tertiary/aromatic N) is 3. The molecule has 3 saturated heterocycles. The molecule has 0 saturated carbocycles. The number of terminal acetylenes is 1. The molecule has 1 amide bonds. The number of carbonyl (C=O) groups excluding carboxylic acids is 1. The number of fused-ring (bicyclic) bond motifs is 4. The average Bonchev–Trinajstić information content (AvgIpc) is 2.98. The molecule has 3 fully saturated rings. The molecule has 5 nitrogen and oxygen atoms in total. The van der Waals surface area contributed by atoms with E-state index in [0.29, 0.717) is 17.2 Å². The van der Waals surface area contributed by atoms with Crippen molar-refractivity contribution in [3.05, 3.63) is 35.8 Å². The Balaban J connectivity index is 1.54. The molecule has 5 rings (SSSR count). The smallest absolute Gasteiger partial charge is 0.253 e. The standard InChI is InChI=1S/C17H18N4O/c1-2-14-10-21-9-13(3-4-16(21)18-14)17(22)19-15-11-20-7-5-12(15)6-8-20/h1,3-4,9-10,12,15H,5-8,11H2,(H,19,22)/t15-/m0/s1. The zero-order valence-corrected chi connectivity index (χ0v) is 12.3. The van der Waals surface area contributed by atoms with Gasteiger partial charge in [0.05, 0.1) is 5.56 Å². The Hall–Kier alpha value is -2.32. The maximum atomic E-state index is 12.5. The summed E-state index contributed by atoms with van der Waals surface area (Å²) in [7, 11) is 0. The number of nitrogens with one attached hydrogen (secondary N) is 1. The van der Waals surface area contributed by atoms with Crippen molar-refractivity contribution in [3.63, 3.8) is 0 Å². The molecular weight excluding hydrogens is 276 g/mol. The fourth-order valence-corrected chi connectivity index (χ4v) is 3.58. The summed E-state index contributed by atoms with van der Waals surface area (Å²) >= 11 is 0. The summed E-state index contributed by atoms with van der Waals surface area (Å²) in [4.78, 5) is 19.2. The number of aromatic nitrogens is 2. The van der Waals surface area contributed by atoms with Gasteiger partial charge in [-0.05, 0) is 49.9 Å². The Morgan fingerprint density at radius 3 is 2.82 bits per heavy atom. The van der Waals surface area contributed by atoms with Crippen LogP contribution in [0.25, 0.3) is 5.65 Å². The Morgan fingerprint density at radius 1 is 1.32 bits per heavy atom. The van der Waals surface area contributed by atoms with Crippen LogP contribution >= 0.6 is 0 Å². The fourth-order valence-electron chi connectivity index (χ4n) is 3.58. The molecule has 0 unspecified atom stereocenters. The van der Waals surface area contributed by atoms with Gasteiger partial charge >= 0.3 is 0 Å². The molecule has 1 atom stereocenters. The van der Waals surface area contributed by atoms with E-state index < -0.39 is 0 Å². The van der Waals surface area contributed by atoms with E-state index >= 15 is 0 Å². The maximum Gasteiger partial charge on any atom is 0.253 e. The lowest BCUT2D eigenvalue weighted by Gasteiger charge is -2.44. The number of pyridine rings is 1. The highest BCUT2D eigenvalue weighted by Gasteiger charge is 2.34. The van der Waals surface area contributed by atoms with E-state index in [9.17, 15) is 4.79 Å². The van der Waals surface area contributed by atoms with Crippen molar-refractivity contribution < 1.29 is 4.79 Å². The topological polar surface area (TPSA) is 49.6 Å².